The van der Waals surface area contributed by atoms with Gasteiger partial charge in [0.15, 0.2) is 5.82 Å². The van der Waals surface area contributed by atoms with Crippen LogP contribution in [0.25, 0.3) is 16.7 Å². The summed E-state index contributed by atoms with van der Waals surface area (Å²) in [7, 11) is 0. The predicted octanol–water partition coefficient (Wildman–Crippen LogP) is 4.49. The molecule has 2 nitrogen and oxygen atoms in total. The molecule has 2 aromatic carbocycles. The molecule has 0 aliphatic rings. The highest BCUT2D eigenvalue weighted by Gasteiger charge is 2.18. The molecule has 3 rings (SSSR count). The third-order valence-electron chi connectivity index (χ3n) is 3.35. The summed E-state index contributed by atoms with van der Waals surface area (Å²) in [5, 5.41) is 0. The van der Waals surface area contributed by atoms with Gasteiger partial charge >= 0.3 is 0 Å². The highest BCUT2D eigenvalue weighted by molar-refractivity contribution is 6.17. The Labute approximate surface area is 123 Å². The molecule has 0 radical (unpaired) electrons. The van der Waals surface area contributed by atoms with E-state index < -0.39 is 17.5 Å². The largest absolute Gasteiger partial charge is 0.295 e. The molecule has 3 aromatic rings. The van der Waals surface area contributed by atoms with Gasteiger partial charge in [-0.2, -0.15) is 0 Å². The van der Waals surface area contributed by atoms with Crippen LogP contribution in [0.5, 0.6) is 0 Å². The van der Waals surface area contributed by atoms with Crippen LogP contribution in [0.2, 0.25) is 0 Å². The monoisotopic (exact) mass is 310 g/mol. The summed E-state index contributed by atoms with van der Waals surface area (Å²) in [5.74, 6) is -1.59. The van der Waals surface area contributed by atoms with E-state index in [2.05, 4.69) is 4.98 Å². The molecular formula is C15H10ClF3N2. The van der Waals surface area contributed by atoms with Crippen LogP contribution in [0.1, 0.15) is 11.4 Å². The second kappa shape index (κ2) is 5.07. The highest BCUT2D eigenvalue weighted by Crippen LogP contribution is 2.28. The van der Waals surface area contributed by atoms with Crippen molar-refractivity contribution in [2.45, 2.75) is 12.8 Å². The third kappa shape index (κ3) is 2.17. The van der Waals surface area contributed by atoms with Crippen LogP contribution in [0, 0.1) is 24.4 Å². The minimum absolute atomic E-state index is 0.00824. The fourth-order valence-electron chi connectivity index (χ4n) is 2.35. The molecule has 0 saturated carbocycles. The molecule has 6 heteroatoms. The van der Waals surface area contributed by atoms with Gasteiger partial charge in [-0.1, -0.05) is 6.07 Å². The van der Waals surface area contributed by atoms with Crippen molar-refractivity contribution in [1.82, 2.24) is 9.55 Å². The van der Waals surface area contributed by atoms with Crippen LogP contribution in [0.4, 0.5) is 13.2 Å². The second-order valence-corrected chi connectivity index (χ2v) is 4.90. The Hall–Kier alpha value is -2.01. The van der Waals surface area contributed by atoms with Crippen molar-refractivity contribution in [2.75, 3.05) is 0 Å². The number of hydrogen-bond acceptors (Lipinski definition) is 1. The molecule has 21 heavy (non-hydrogen) atoms. The average Bonchev–Trinajstić information content (AvgIpc) is 2.80. The van der Waals surface area contributed by atoms with Gasteiger partial charge in [-0.15, -0.1) is 11.6 Å². The molecule has 0 aliphatic heterocycles. The molecule has 0 atom stereocenters. The van der Waals surface area contributed by atoms with Crippen molar-refractivity contribution < 1.29 is 13.2 Å². The van der Waals surface area contributed by atoms with Gasteiger partial charge in [0.2, 0.25) is 0 Å². The van der Waals surface area contributed by atoms with Crippen LogP contribution in [0.15, 0.2) is 30.3 Å². The predicted molar refractivity (Wildman–Crippen MR) is 75.2 cm³/mol. The van der Waals surface area contributed by atoms with Crippen LogP contribution in [-0.2, 0) is 5.88 Å². The minimum Gasteiger partial charge on any atom is -0.295 e. The summed E-state index contributed by atoms with van der Waals surface area (Å²) in [6.07, 6.45) is 0. The average molecular weight is 311 g/mol. The van der Waals surface area contributed by atoms with Gasteiger partial charge in [-0.25, -0.2) is 18.2 Å². The smallest absolute Gasteiger partial charge is 0.153 e. The molecule has 0 spiro atoms. The summed E-state index contributed by atoms with van der Waals surface area (Å²) in [4.78, 5) is 4.09. The number of hydrogen-bond donors (Lipinski definition) is 0. The van der Waals surface area contributed by atoms with Gasteiger partial charge < -0.3 is 0 Å². The summed E-state index contributed by atoms with van der Waals surface area (Å²) in [6, 6.07) is 6.41. The number of halogens is 4. The van der Waals surface area contributed by atoms with E-state index in [1.807, 2.05) is 0 Å². The van der Waals surface area contributed by atoms with E-state index in [0.717, 1.165) is 12.1 Å². The molecule has 0 bridgehead atoms. The Morgan fingerprint density at radius 1 is 1.14 bits per heavy atom. The van der Waals surface area contributed by atoms with Gasteiger partial charge in [-0.05, 0) is 19.1 Å². The van der Waals surface area contributed by atoms with Crippen molar-refractivity contribution in [1.29, 1.82) is 0 Å². The number of fused-ring (bicyclic) bond motifs is 1. The van der Waals surface area contributed by atoms with E-state index in [1.165, 1.54) is 16.7 Å². The summed E-state index contributed by atoms with van der Waals surface area (Å²) < 4.78 is 42.6. The van der Waals surface area contributed by atoms with E-state index in [9.17, 15) is 13.2 Å². The van der Waals surface area contributed by atoms with Crippen molar-refractivity contribution >= 4 is 22.6 Å². The Bertz CT molecular complexity index is 843. The van der Waals surface area contributed by atoms with Crippen molar-refractivity contribution in [3.05, 3.63) is 59.2 Å². The number of rotatable bonds is 2. The first-order valence-electron chi connectivity index (χ1n) is 6.20. The molecule has 108 valence electrons. The molecule has 0 N–H and O–H groups in total. The summed E-state index contributed by atoms with van der Waals surface area (Å²) >= 11 is 5.84. The van der Waals surface area contributed by atoms with E-state index in [4.69, 9.17) is 11.6 Å². The number of nitrogens with zero attached hydrogens (tertiary/aromatic N) is 2. The van der Waals surface area contributed by atoms with Crippen molar-refractivity contribution in [3.63, 3.8) is 0 Å². The SMILES string of the molecule is Cc1c(F)cccc1-n1c(CCl)nc2c(F)cc(F)cc21. The maximum absolute atomic E-state index is 13.8. The zero-order chi connectivity index (χ0) is 15.1. The first-order valence-corrected chi connectivity index (χ1v) is 6.74. The maximum atomic E-state index is 13.8. The second-order valence-electron chi connectivity index (χ2n) is 4.64. The zero-order valence-corrected chi connectivity index (χ0v) is 11.8. The molecule has 1 aromatic heterocycles. The Balaban J connectivity index is 2.43. The lowest BCUT2D eigenvalue weighted by atomic mass is 10.1. The lowest BCUT2D eigenvalue weighted by Gasteiger charge is -2.11. The van der Waals surface area contributed by atoms with Crippen LogP contribution < -0.4 is 0 Å². The van der Waals surface area contributed by atoms with Crippen molar-refractivity contribution in [2.24, 2.45) is 0 Å². The summed E-state index contributed by atoms with van der Waals surface area (Å²) in [6.45, 7) is 1.59. The number of alkyl halides is 1. The zero-order valence-electron chi connectivity index (χ0n) is 11.0. The molecule has 0 unspecified atom stereocenters. The molecule has 0 saturated heterocycles. The lowest BCUT2D eigenvalue weighted by molar-refractivity contribution is 0.590. The van der Waals surface area contributed by atoms with E-state index >= 15 is 0 Å². The van der Waals surface area contributed by atoms with Gasteiger partial charge in [-0.3, -0.25) is 4.57 Å². The topological polar surface area (TPSA) is 17.8 Å². The Morgan fingerprint density at radius 2 is 1.90 bits per heavy atom. The van der Waals surface area contributed by atoms with Gasteiger partial charge in [0.1, 0.15) is 23.0 Å². The highest BCUT2D eigenvalue weighted by atomic mass is 35.5. The van der Waals surface area contributed by atoms with E-state index in [-0.39, 0.29) is 16.9 Å². The van der Waals surface area contributed by atoms with Crippen LogP contribution >= 0.6 is 11.6 Å². The van der Waals surface area contributed by atoms with E-state index in [0.29, 0.717) is 17.1 Å². The first-order chi connectivity index (χ1) is 10.0. The number of benzene rings is 2. The minimum atomic E-state index is -0.774. The van der Waals surface area contributed by atoms with Gasteiger partial charge in [0.25, 0.3) is 0 Å². The molecular weight excluding hydrogens is 301 g/mol. The Kier molecular flexibility index (Phi) is 3.37. The Morgan fingerprint density at radius 3 is 2.62 bits per heavy atom. The number of imidazole rings is 1. The van der Waals surface area contributed by atoms with Crippen molar-refractivity contribution in [3.8, 4) is 5.69 Å². The molecule has 0 amide bonds. The molecule has 0 fully saturated rings. The van der Waals surface area contributed by atoms with Crippen LogP contribution in [0.3, 0.4) is 0 Å². The maximum Gasteiger partial charge on any atom is 0.153 e. The number of aromatic nitrogens is 2. The van der Waals surface area contributed by atoms with E-state index in [1.54, 1.807) is 13.0 Å². The first kappa shape index (κ1) is 13.9. The fourth-order valence-corrected chi connectivity index (χ4v) is 2.53. The molecule has 1 heterocycles. The standard InChI is InChI=1S/C15H10ClF3N2/c1-8-10(18)3-2-4-12(8)21-13-6-9(17)5-11(19)15(13)20-14(21)7-16/h2-6H,7H2,1H3. The third-order valence-corrected chi connectivity index (χ3v) is 3.59. The quantitative estimate of drug-likeness (QED) is 0.638. The molecule has 0 aliphatic carbocycles. The van der Waals surface area contributed by atoms with Gasteiger partial charge in [0, 0.05) is 17.7 Å². The lowest BCUT2D eigenvalue weighted by Crippen LogP contribution is -2.03. The normalized spacial score (nSPS) is 11.3. The van der Waals surface area contributed by atoms with Crippen LogP contribution in [-0.4, -0.2) is 9.55 Å². The summed E-state index contributed by atoms with van der Waals surface area (Å²) in [5.41, 5.74) is 1.04. The fraction of sp³-hybridized carbons (Fsp3) is 0.133. The van der Waals surface area contributed by atoms with Gasteiger partial charge in [0.05, 0.1) is 17.1 Å².